The van der Waals surface area contributed by atoms with Crippen LogP contribution in [0.2, 0.25) is 0 Å². The van der Waals surface area contributed by atoms with Crippen molar-refractivity contribution in [2.75, 3.05) is 12.4 Å². The van der Waals surface area contributed by atoms with Crippen LogP contribution in [-0.2, 0) is 4.79 Å². The summed E-state index contributed by atoms with van der Waals surface area (Å²) in [6, 6.07) is 11.8. The van der Waals surface area contributed by atoms with Crippen LogP contribution in [0, 0.1) is 0 Å². The summed E-state index contributed by atoms with van der Waals surface area (Å²) in [7, 11) is 1.82. The van der Waals surface area contributed by atoms with Gasteiger partial charge in [-0.15, -0.1) is 0 Å². The number of H-pyrrole nitrogens is 1. The highest BCUT2D eigenvalue weighted by atomic mass is 16.1. The van der Waals surface area contributed by atoms with E-state index in [0.29, 0.717) is 0 Å². The molecule has 0 fully saturated rings. The molecule has 4 rings (SSSR count). The number of benzene rings is 1. The Bertz CT molecular complexity index is 1190. The van der Waals surface area contributed by atoms with Gasteiger partial charge in [-0.3, -0.25) is 4.79 Å². The van der Waals surface area contributed by atoms with E-state index < -0.39 is 5.91 Å². The molecular weight excluding hydrogens is 352 g/mol. The molecule has 3 heterocycles. The quantitative estimate of drug-likeness (QED) is 0.467. The molecule has 0 aliphatic heterocycles. The van der Waals surface area contributed by atoms with Gasteiger partial charge in [0.1, 0.15) is 17.8 Å². The number of fused-ring (bicyclic) bond motifs is 1. The van der Waals surface area contributed by atoms with Crippen LogP contribution < -0.4 is 11.1 Å². The predicted molar refractivity (Wildman–Crippen MR) is 110 cm³/mol. The summed E-state index contributed by atoms with van der Waals surface area (Å²) in [4.78, 5) is 27.3. The number of nitrogens with zero attached hydrogens (tertiary/aromatic N) is 3. The zero-order valence-corrected chi connectivity index (χ0v) is 15.2. The highest BCUT2D eigenvalue weighted by molar-refractivity contribution is 5.95. The number of anilines is 1. The lowest BCUT2D eigenvalue weighted by Gasteiger charge is -2.05. The van der Waals surface area contributed by atoms with E-state index in [0.717, 1.165) is 44.8 Å². The van der Waals surface area contributed by atoms with Gasteiger partial charge in [0.25, 0.3) is 0 Å². The van der Waals surface area contributed by atoms with Gasteiger partial charge < -0.3 is 16.0 Å². The maximum Gasteiger partial charge on any atom is 0.241 e. The summed E-state index contributed by atoms with van der Waals surface area (Å²) in [6.45, 7) is 0. The van der Waals surface area contributed by atoms with E-state index in [9.17, 15) is 4.79 Å². The Labute approximate surface area is 161 Å². The number of hydrogen-bond acceptors (Lipinski definition) is 5. The van der Waals surface area contributed by atoms with Crippen molar-refractivity contribution in [2.24, 2.45) is 5.73 Å². The van der Waals surface area contributed by atoms with Gasteiger partial charge in [-0.2, -0.15) is 0 Å². The van der Waals surface area contributed by atoms with Gasteiger partial charge in [-0.1, -0.05) is 18.2 Å². The summed E-state index contributed by atoms with van der Waals surface area (Å²) in [5.74, 6) is 0.272. The molecule has 0 aliphatic rings. The topological polar surface area (TPSA) is 110 Å². The molecule has 0 saturated carbocycles. The standard InChI is InChI=1S/C21H18N6O/c1-23-20-9-18(26-12-27-20)17-11-25-21-16(17)8-15(10-24-21)14-4-2-3-13(7-14)5-6-19(22)28/h2-12H,1H3,(H2,22,28)(H,24,25)(H,23,26,27)/b6-5+. The largest absolute Gasteiger partial charge is 0.373 e. The van der Waals surface area contributed by atoms with E-state index in [2.05, 4.69) is 31.3 Å². The van der Waals surface area contributed by atoms with Crippen LogP contribution in [0.4, 0.5) is 5.82 Å². The number of pyridine rings is 1. The monoisotopic (exact) mass is 370 g/mol. The van der Waals surface area contributed by atoms with Crippen LogP contribution in [0.3, 0.4) is 0 Å². The number of rotatable bonds is 5. The molecule has 1 aromatic carbocycles. The Kier molecular flexibility index (Phi) is 4.55. The summed E-state index contributed by atoms with van der Waals surface area (Å²) in [5, 5.41) is 3.99. The lowest BCUT2D eigenvalue weighted by atomic mass is 10.0. The van der Waals surface area contributed by atoms with Crippen molar-refractivity contribution < 1.29 is 4.79 Å². The number of carbonyl (C=O) groups is 1. The molecule has 28 heavy (non-hydrogen) atoms. The molecule has 7 heteroatoms. The lowest BCUT2D eigenvalue weighted by Crippen LogP contribution is -2.05. The Morgan fingerprint density at radius 2 is 2.04 bits per heavy atom. The van der Waals surface area contributed by atoms with E-state index in [1.54, 1.807) is 6.08 Å². The first-order valence-electron chi connectivity index (χ1n) is 8.69. The number of hydrogen-bond donors (Lipinski definition) is 3. The van der Waals surface area contributed by atoms with Gasteiger partial charge in [-0.05, 0) is 29.3 Å². The predicted octanol–water partition coefficient (Wildman–Crippen LogP) is 3.23. The van der Waals surface area contributed by atoms with Gasteiger partial charge >= 0.3 is 0 Å². The lowest BCUT2D eigenvalue weighted by molar-refractivity contribution is -0.113. The molecule has 3 aromatic heterocycles. The van der Waals surface area contributed by atoms with Crippen LogP contribution in [0.15, 0.2) is 61.2 Å². The van der Waals surface area contributed by atoms with Crippen molar-refractivity contribution in [3.05, 3.63) is 66.8 Å². The first kappa shape index (κ1) is 17.4. The van der Waals surface area contributed by atoms with E-state index in [-0.39, 0.29) is 0 Å². The molecule has 0 spiro atoms. The number of aromatic amines is 1. The van der Waals surface area contributed by atoms with E-state index in [4.69, 9.17) is 5.73 Å². The van der Waals surface area contributed by atoms with Gasteiger partial charge in [0.15, 0.2) is 0 Å². The van der Waals surface area contributed by atoms with Gasteiger partial charge in [0.05, 0.1) is 5.69 Å². The minimum Gasteiger partial charge on any atom is -0.373 e. The molecule has 0 atom stereocenters. The molecule has 7 nitrogen and oxygen atoms in total. The Morgan fingerprint density at radius 3 is 2.86 bits per heavy atom. The molecular formula is C21H18N6O. The van der Waals surface area contributed by atoms with Crippen LogP contribution >= 0.6 is 0 Å². The fraction of sp³-hybridized carbons (Fsp3) is 0.0476. The minimum atomic E-state index is -0.476. The van der Waals surface area contributed by atoms with E-state index >= 15 is 0 Å². The first-order chi connectivity index (χ1) is 13.6. The summed E-state index contributed by atoms with van der Waals surface area (Å²) in [6.07, 6.45) is 8.29. The number of primary amides is 1. The Morgan fingerprint density at radius 1 is 1.14 bits per heavy atom. The fourth-order valence-corrected chi connectivity index (χ4v) is 3.01. The summed E-state index contributed by atoms with van der Waals surface area (Å²) in [5.41, 5.74) is 10.6. The molecule has 138 valence electrons. The number of amides is 1. The third kappa shape index (κ3) is 3.45. The Hall–Kier alpha value is -4.00. The molecule has 1 amide bonds. The van der Waals surface area contributed by atoms with Crippen LogP contribution in [-0.4, -0.2) is 32.9 Å². The van der Waals surface area contributed by atoms with Crippen molar-refractivity contribution >= 4 is 28.8 Å². The smallest absolute Gasteiger partial charge is 0.241 e. The van der Waals surface area contributed by atoms with E-state index in [1.807, 2.05) is 49.8 Å². The van der Waals surface area contributed by atoms with Gasteiger partial charge in [0.2, 0.25) is 5.91 Å². The van der Waals surface area contributed by atoms with Crippen LogP contribution in [0.25, 0.3) is 39.5 Å². The van der Waals surface area contributed by atoms with Gasteiger partial charge in [-0.25, -0.2) is 15.0 Å². The SMILES string of the molecule is CNc1cc(-c2c[nH]c3ncc(-c4cccc(/C=C/C(N)=O)c4)cc23)ncn1. The maximum atomic E-state index is 11.0. The average molecular weight is 370 g/mol. The second-order valence-electron chi connectivity index (χ2n) is 6.22. The van der Waals surface area contributed by atoms with Crippen LogP contribution in [0.1, 0.15) is 5.56 Å². The molecule has 0 bridgehead atoms. The number of nitrogens with one attached hydrogen (secondary N) is 2. The molecule has 4 aromatic rings. The molecule has 0 aliphatic carbocycles. The zero-order chi connectivity index (χ0) is 19.5. The molecule has 0 unspecified atom stereocenters. The molecule has 0 saturated heterocycles. The van der Waals surface area contributed by atoms with Crippen molar-refractivity contribution in [2.45, 2.75) is 0 Å². The van der Waals surface area contributed by atoms with Gasteiger partial charge in [0, 0.05) is 48.1 Å². The van der Waals surface area contributed by atoms with Crippen molar-refractivity contribution in [3.8, 4) is 22.4 Å². The molecule has 0 radical (unpaired) electrons. The second-order valence-corrected chi connectivity index (χ2v) is 6.22. The fourth-order valence-electron chi connectivity index (χ4n) is 3.01. The Balaban J connectivity index is 1.78. The normalized spacial score (nSPS) is 11.2. The summed E-state index contributed by atoms with van der Waals surface area (Å²) < 4.78 is 0. The van der Waals surface area contributed by atoms with E-state index in [1.165, 1.54) is 12.4 Å². The van der Waals surface area contributed by atoms with Crippen molar-refractivity contribution in [1.82, 2.24) is 19.9 Å². The zero-order valence-electron chi connectivity index (χ0n) is 15.2. The minimum absolute atomic E-state index is 0.476. The third-order valence-electron chi connectivity index (χ3n) is 4.39. The highest BCUT2D eigenvalue weighted by Crippen LogP contribution is 2.30. The number of nitrogens with two attached hydrogens (primary N) is 1. The second kappa shape index (κ2) is 7.32. The number of aromatic nitrogens is 4. The third-order valence-corrected chi connectivity index (χ3v) is 4.39. The summed E-state index contributed by atoms with van der Waals surface area (Å²) >= 11 is 0. The van der Waals surface area contributed by atoms with Crippen molar-refractivity contribution in [3.63, 3.8) is 0 Å². The molecule has 4 N–H and O–H groups in total. The first-order valence-corrected chi connectivity index (χ1v) is 8.69. The van der Waals surface area contributed by atoms with Crippen molar-refractivity contribution in [1.29, 1.82) is 0 Å². The van der Waals surface area contributed by atoms with Crippen LogP contribution in [0.5, 0.6) is 0 Å². The highest BCUT2D eigenvalue weighted by Gasteiger charge is 2.11. The maximum absolute atomic E-state index is 11.0. The number of carbonyl (C=O) groups excluding carboxylic acids is 1. The average Bonchev–Trinajstić information content (AvgIpc) is 3.16.